The molecule has 0 atom stereocenters. The molecule has 0 spiro atoms. The van der Waals surface area contributed by atoms with E-state index in [2.05, 4.69) is 118 Å². The zero-order valence-electron chi connectivity index (χ0n) is 30.4. The fourth-order valence-corrected chi connectivity index (χ4v) is 16.3. The van der Waals surface area contributed by atoms with Crippen LogP contribution < -0.4 is 24.8 Å². The number of hydrogen-bond donors (Lipinski definition) is 0. The van der Waals surface area contributed by atoms with Crippen LogP contribution in [0.15, 0.2) is 87.6 Å². The summed E-state index contributed by atoms with van der Waals surface area (Å²) in [6, 6.07) is 0. The van der Waals surface area contributed by atoms with E-state index < -0.39 is 33.7 Å². The van der Waals surface area contributed by atoms with E-state index in [1.165, 1.54) is 43.1 Å². The number of allylic oxidation sites excluding steroid dienone is 16. The molecule has 0 saturated carbocycles. The van der Waals surface area contributed by atoms with Gasteiger partial charge >= 0.3 is 139 Å². The molecule has 0 unspecified atom stereocenters. The van der Waals surface area contributed by atoms with Crippen LogP contribution in [0.3, 0.4) is 0 Å². The van der Waals surface area contributed by atoms with Crippen molar-refractivity contribution in [3.05, 3.63) is 87.6 Å². The van der Waals surface area contributed by atoms with Gasteiger partial charge in [0.2, 0.25) is 0 Å². The van der Waals surface area contributed by atoms with Crippen molar-refractivity contribution >= 4 is 17.0 Å². The van der Waals surface area contributed by atoms with Crippen LogP contribution in [0.25, 0.3) is 0 Å². The Kier molecular flexibility index (Phi) is 13.3. The Morgan fingerprint density at radius 1 is 0.605 bits per heavy atom. The van der Waals surface area contributed by atoms with Gasteiger partial charge in [-0.1, -0.05) is 38.8 Å². The fraction of sp³-hybridized carbons (Fsp3) is 0.568. The summed E-state index contributed by atoms with van der Waals surface area (Å²) in [5.74, 6) is 0. The first kappa shape index (κ1) is 43.8. The fourth-order valence-electron chi connectivity index (χ4n) is 6.52. The van der Waals surface area contributed by atoms with Gasteiger partial charge < -0.3 is 24.8 Å². The average Bonchev–Trinajstić information content (AvgIpc) is 3.56. The monoisotopic (exact) mass is 825 g/mol. The van der Waals surface area contributed by atoms with Crippen molar-refractivity contribution in [2.24, 2.45) is 10.8 Å². The van der Waals surface area contributed by atoms with E-state index in [1.54, 1.807) is 14.4 Å². The van der Waals surface area contributed by atoms with Gasteiger partial charge in [0, 0.05) is 10.8 Å². The van der Waals surface area contributed by atoms with E-state index in [-0.39, 0.29) is 35.6 Å². The Morgan fingerprint density at radius 3 is 1.12 bits per heavy atom. The van der Waals surface area contributed by atoms with Crippen LogP contribution in [-0.4, -0.2) is 0 Å². The molecule has 6 heteroatoms. The second kappa shape index (κ2) is 13.0. The predicted octanol–water partition coefficient (Wildman–Crippen LogP) is 8.60. The van der Waals surface area contributed by atoms with Crippen molar-refractivity contribution in [3.63, 3.8) is 0 Å². The second-order valence-electron chi connectivity index (χ2n) is 18.0. The van der Waals surface area contributed by atoms with E-state index in [0.29, 0.717) is 0 Å². The van der Waals surface area contributed by atoms with Crippen LogP contribution in [0.1, 0.15) is 82.1 Å². The third-order valence-electron chi connectivity index (χ3n) is 10.4. The number of hydrogen-bond acceptors (Lipinski definition) is 0. The van der Waals surface area contributed by atoms with Gasteiger partial charge in [-0.05, 0) is 75.0 Å². The summed E-state index contributed by atoms with van der Waals surface area (Å²) in [6.07, 6.45) is 15.2. The first-order valence-corrected chi connectivity index (χ1v) is 41.6. The average molecular weight is 830 g/mol. The molecule has 0 heterocycles. The van der Waals surface area contributed by atoms with Gasteiger partial charge in [-0.3, -0.25) is 0 Å². The van der Waals surface area contributed by atoms with Crippen molar-refractivity contribution < 1.29 is 58.5 Å². The first-order valence-electron chi connectivity index (χ1n) is 15.6. The van der Waals surface area contributed by atoms with E-state index in [4.69, 9.17) is 17.0 Å². The smallest absolute Gasteiger partial charge is 1.00 e. The molecule has 43 heavy (non-hydrogen) atoms. The van der Waals surface area contributed by atoms with Gasteiger partial charge in [0.1, 0.15) is 0 Å². The Balaban J connectivity index is 0.000000655. The Labute approximate surface area is 285 Å². The molecule has 4 rings (SSSR count). The molecule has 0 fully saturated rings. The summed E-state index contributed by atoms with van der Waals surface area (Å²) < 4.78 is 19.0. The Hall–Kier alpha value is 0.846. The molecule has 0 aromatic heterocycles. The first-order chi connectivity index (χ1) is 17.9. The predicted molar refractivity (Wildman–Crippen MR) is 186 cm³/mol. The van der Waals surface area contributed by atoms with Crippen LogP contribution in [0.4, 0.5) is 0 Å². The molecule has 0 amide bonds. The van der Waals surface area contributed by atoms with Crippen molar-refractivity contribution in [2.45, 2.75) is 115 Å². The molecular formula is C37H61Cl4Zr2. The molecule has 0 nitrogen and oxygen atoms in total. The zero-order chi connectivity index (χ0) is 32.3. The van der Waals surface area contributed by atoms with Gasteiger partial charge in [-0.25, -0.2) is 0 Å². The number of halogens is 4. The van der Waals surface area contributed by atoms with Crippen LogP contribution in [-0.2, 0) is 33.7 Å². The van der Waals surface area contributed by atoms with Gasteiger partial charge in [-0.15, -0.1) is 0 Å². The van der Waals surface area contributed by atoms with Crippen LogP contribution >= 0.6 is 17.0 Å². The second-order valence-corrected chi connectivity index (χ2v) is 77.8. The summed E-state index contributed by atoms with van der Waals surface area (Å²) >= 11 is -6.04. The molecule has 0 bridgehead atoms. The molecule has 0 radical (unpaired) electrons. The van der Waals surface area contributed by atoms with Gasteiger partial charge in [0.05, 0.1) is 0 Å². The maximum atomic E-state index is 6.51. The van der Waals surface area contributed by atoms with Gasteiger partial charge in [-0.2, -0.15) is 0 Å². The minimum atomic E-state index is -3.83. The zero-order valence-corrected chi connectivity index (χ0v) is 38.3. The van der Waals surface area contributed by atoms with Crippen molar-refractivity contribution in [2.75, 3.05) is 0 Å². The molecular weight excluding hydrogens is 769 g/mol. The minimum Gasteiger partial charge on any atom is -1.00 e. The largest absolute Gasteiger partial charge is 1.00 e. The normalized spacial score (nSPS) is 22.6. The molecule has 0 saturated heterocycles. The van der Waals surface area contributed by atoms with Crippen molar-refractivity contribution in [1.29, 1.82) is 0 Å². The molecule has 4 aliphatic rings. The quantitative estimate of drug-likeness (QED) is 0.268. The summed E-state index contributed by atoms with van der Waals surface area (Å²) in [5, 5.41) is 0. The molecule has 0 aromatic carbocycles. The Bertz CT molecular complexity index is 1320. The van der Waals surface area contributed by atoms with Crippen LogP contribution in [0, 0.1) is 10.8 Å². The van der Waals surface area contributed by atoms with E-state index >= 15 is 0 Å². The van der Waals surface area contributed by atoms with Gasteiger partial charge in [0.15, 0.2) is 0 Å². The van der Waals surface area contributed by atoms with Gasteiger partial charge in [0.25, 0.3) is 0 Å². The summed E-state index contributed by atoms with van der Waals surface area (Å²) in [5.41, 5.74) is 12.5. The molecule has 0 aromatic rings. The van der Waals surface area contributed by atoms with Crippen LogP contribution in [0.5, 0.6) is 0 Å². The topological polar surface area (TPSA) is 0 Å². The van der Waals surface area contributed by atoms with Crippen molar-refractivity contribution in [1.82, 2.24) is 0 Å². The molecule has 0 N–H and O–H groups in total. The summed E-state index contributed by atoms with van der Waals surface area (Å²) in [6.45, 7) is 23.3. The van der Waals surface area contributed by atoms with E-state index in [9.17, 15) is 0 Å². The summed E-state index contributed by atoms with van der Waals surface area (Å²) in [7, 11) is 13.0. The standard InChI is InChI=1S/C20H30.2C5H5.7CH3.4ClH.2Zr/c1-11-13(3)17(19(7,8)15(11)5)18-14(4)12(2)16(6)20(18,9)10;2*1-2-4-5-3-1;;;;;;;;;;;;;/h1-10H3;2*1-3H,4H2;7*1H3;4*1H;;/q;;;;;;;;;;;;;;2*+2/p-4. The maximum Gasteiger partial charge on any atom is -1.00 e. The number of rotatable bonds is 3. The molecule has 245 valence electrons. The third kappa shape index (κ3) is 9.93. The Morgan fingerprint density at radius 2 is 0.953 bits per heavy atom. The SMILES string of the molecule is CC1=C(C)C(C)(C)C(C2=C(C)C(C)=C(C)C2(C)C)=C1C.[CH3][Zr+2]([CH3])([CH3])([CH3])[C]1=CC=CC1.[CH3][Zr]([CH3])([CH3])([Cl])([Cl])[C]1=CC=CC1.[Cl-].[Cl-]. The summed E-state index contributed by atoms with van der Waals surface area (Å²) in [4.78, 5) is 0. The maximum absolute atomic E-state index is 6.51. The minimum absolute atomic E-state index is 0. The third-order valence-corrected chi connectivity index (χ3v) is 27.3. The van der Waals surface area contributed by atoms with E-state index in [0.717, 1.165) is 6.42 Å². The van der Waals surface area contributed by atoms with Crippen LogP contribution in [0.2, 0.25) is 32.4 Å². The van der Waals surface area contributed by atoms with Crippen molar-refractivity contribution in [3.8, 4) is 0 Å². The van der Waals surface area contributed by atoms with E-state index in [1.807, 2.05) is 20.0 Å². The molecule has 4 aliphatic carbocycles. The molecule has 0 aliphatic heterocycles.